The molecule has 4 aliphatic heterocycles. The van der Waals surface area contributed by atoms with E-state index in [1.165, 1.54) is 25.3 Å². The molecule has 2 bridgehead atoms. The van der Waals surface area contributed by atoms with E-state index >= 15 is 13.2 Å². The topological polar surface area (TPSA) is 123 Å². The molecule has 3 aromatic carbocycles. The zero-order valence-corrected chi connectivity index (χ0v) is 41.4. The second kappa shape index (κ2) is 18.1. The Morgan fingerprint density at radius 2 is 1.63 bits per heavy atom. The number of halogens is 4. The van der Waals surface area contributed by atoms with Crippen molar-refractivity contribution in [2.24, 2.45) is 5.73 Å². The number of methoxy groups -OCH3 is 1. The molecule has 1 aromatic heterocycles. The van der Waals surface area contributed by atoms with Crippen LogP contribution in [0.25, 0.3) is 32.8 Å². The summed E-state index contributed by atoms with van der Waals surface area (Å²) in [7, 11) is -1.19. The summed E-state index contributed by atoms with van der Waals surface area (Å²) in [6, 6.07) is 5.10. The minimum Gasteiger partial charge on any atom is -0.493 e. The summed E-state index contributed by atoms with van der Waals surface area (Å²) in [5.41, 5.74) is 7.97. The number of fused-ring (bicyclic) bond motifs is 5. The van der Waals surface area contributed by atoms with Crippen molar-refractivity contribution in [2.75, 3.05) is 44.8 Å². The minimum atomic E-state index is -2.45. The fourth-order valence-corrected chi connectivity index (χ4v) is 17.2. The number of anilines is 1. The number of aromatic nitrogens is 2. The number of nitrogens with two attached hydrogens (primary N) is 1. The van der Waals surface area contributed by atoms with Crippen LogP contribution in [-0.2, 0) is 16.0 Å². The van der Waals surface area contributed by atoms with Crippen LogP contribution in [0.2, 0.25) is 16.6 Å². The van der Waals surface area contributed by atoms with E-state index in [1.54, 1.807) is 11.0 Å². The largest absolute Gasteiger partial charge is 0.493 e. The Bertz CT molecular complexity index is 2650. The quantitative estimate of drug-likeness (QED) is 0.0890. The van der Waals surface area contributed by atoms with Gasteiger partial charge in [0.1, 0.15) is 43.6 Å². The first-order chi connectivity index (χ1) is 31.6. The second-order valence-electron chi connectivity index (χ2n) is 21.1. The number of ether oxygens (including phenoxy) is 3. The molecule has 67 heavy (non-hydrogen) atoms. The predicted octanol–water partition coefficient (Wildman–Crippen LogP) is 10.0. The van der Waals surface area contributed by atoms with E-state index in [1.807, 2.05) is 25.7 Å². The van der Waals surface area contributed by atoms with Crippen molar-refractivity contribution in [1.82, 2.24) is 19.8 Å². The number of nitrogens with zero attached hydrogens (tertiary/aromatic N) is 5. The lowest BCUT2D eigenvalue weighted by Crippen LogP contribution is -2.57. The number of carbonyl (C=O) groups is 2. The third-order valence-electron chi connectivity index (χ3n) is 14.8. The first kappa shape index (κ1) is 48.3. The third-order valence-corrected chi connectivity index (χ3v) is 21.1. The van der Waals surface area contributed by atoms with E-state index in [-0.39, 0.29) is 113 Å². The van der Waals surface area contributed by atoms with Gasteiger partial charge in [-0.15, -0.1) is 5.54 Å². The van der Waals surface area contributed by atoms with Crippen LogP contribution in [0.15, 0.2) is 24.3 Å². The van der Waals surface area contributed by atoms with Crippen LogP contribution < -0.4 is 20.1 Å². The SMILES string of the molecule is COc1c(F)c(-c2cc(CC(N)=O)cc3ccc(F)c(C#C[Si](C(C)C)(C(C)C)C(C)C)c23)c(F)c2nc(OC[C@@]34CCCN3C[C@H](F)C4)nc(N3CC4CCC(C3)N4C(=O)OC(C)(C)C)c12. The van der Waals surface area contributed by atoms with Gasteiger partial charge in [-0.1, -0.05) is 59.6 Å². The fraction of sp³-hybridized carbons (Fsp3) is 0.569. The molecule has 2 N–H and O–H groups in total. The molecule has 4 saturated heterocycles. The van der Waals surface area contributed by atoms with Crippen molar-refractivity contribution in [3.63, 3.8) is 0 Å². The number of hydrogen-bond acceptors (Lipinski definition) is 9. The Hall–Kier alpha value is -5.14. The van der Waals surface area contributed by atoms with Crippen molar-refractivity contribution < 1.29 is 41.4 Å². The predicted molar refractivity (Wildman–Crippen MR) is 255 cm³/mol. The first-order valence-corrected chi connectivity index (χ1v) is 25.9. The van der Waals surface area contributed by atoms with Crippen molar-refractivity contribution in [3.8, 4) is 34.4 Å². The van der Waals surface area contributed by atoms with Crippen LogP contribution in [-0.4, -0.2) is 109 Å². The smallest absolute Gasteiger partial charge is 0.410 e. The van der Waals surface area contributed by atoms with Crippen molar-refractivity contribution in [3.05, 3.63) is 52.8 Å². The van der Waals surface area contributed by atoms with Crippen LogP contribution in [0.5, 0.6) is 11.8 Å². The van der Waals surface area contributed by atoms with Crippen molar-refractivity contribution >= 4 is 47.6 Å². The number of rotatable bonds is 11. The summed E-state index contributed by atoms with van der Waals surface area (Å²) in [6.45, 7) is 19.8. The van der Waals surface area contributed by atoms with Gasteiger partial charge in [-0.2, -0.15) is 9.97 Å². The van der Waals surface area contributed by atoms with Crippen molar-refractivity contribution in [1.29, 1.82) is 0 Å². The Morgan fingerprint density at radius 1 is 0.955 bits per heavy atom. The molecular formula is C51H64F4N6O5Si. The molecule has 11 nitrogen and oxygen atoms in total. The molecule has 360 valence electrons. The normalized spacial score (nSPS) is 22.0. The molecule has 4 atom stereocenters. The van der Waals surface area contributed by atoms with Crippen LogP contribution in [0.4, 0.5) is 28.2 Å². The number of primary amides is 1. The molecule has 0 spiro atoms. The number of piperazine rings is 1. The van der Waals surface area contributed by atoms with Crippen LogP contribution in [0.3, 0.4) is 0 Å². The average Bonchev–Trinajstić information content (AvgIpc) is 3.86. The minimum absolute atomic E-state index is 0.0244. The standard InChI is InChI=1S/C51H64F4N6O5Si/c1-28(2)67(29(3)4,30(5)6)19-16-36-38(53)15-12-32-20-31(22-39(56)62)21-37(40(32)36)41-43(54)45-42(46(64-10)44(41)55)47(58-48(57-45)65-27-51-17-11-18-60(51)24-33(52)23-51)59-25-34-13-14-35(26-59)61(34)49(63)66-50(7,8)9/h12,15,20-21,28-30,33-35H,11,13-14,17-18,22-27H2,1-10H3,(H2,56,62)/t33-,34?,35?,51+/m1/s1. The summed E-state index contributed by atoms with van der Waals surface area (Å²) in [5, 5.41) is 0.494. The van der Waals surface area contributed by atoms with Gasteiger partial charge in [-0.05, 0) is 98.3 Å². The lowest BCUT2D eigenvalue weighted by molar-refractivity contribution is -0.117. The number of alkyl halides is 1. The molecule has 4 aliphatic rings. The van der Waals surface area contributed by atoms with Crippen molar-refractivity contribution in [2.45, 2.75) is 147 Å². The molecule has 5 heterocycles. The number of carbonyl (C=O) groups excluding carboxylic acids is 2. The van der Waals surface area contributed by atoms with Gasteiger partial charge >= 0.3 is 12.1 Å². The van der Waals surface area contributed by atoms with E-state index in [2.05, 4.69) is 62.9 Å². The lowest BCUT2D eigenvalue weighted by Gasteiger charge is -2.42. The van der Waals surface area contributed by atoms with E-state index < -0.39 is 60.4 Å². The zero-order chi connectivity index (χ0) is 48.5. The maximum Gasteiger partial charge on any atom is 0.410 e. The second-order valence-corrected chi connectivity index (χ2v) is 26.7. The van der Waals surface area contributed by atoms with Gasteiger partial charge in [0.2, 0.25) is 5.91 Å². The molecular weight excluding hydrogens is 881 g/mol. The van der Waals surface area contributed by atoms with E-state index in [0.29, 0.717) is 30.2 Å². The highest BCUT2D eigenvalue weighted by molar-refractivity contribution is 6.90. The highest BCUT2D eigenvalue weighted by atomic mass is 28.3. The highest BCUT2D eigenvalue weighted by Gasteiger charge is 2.50. The fourth-order valence-electron chi connectivity index (χ4n) is 12.0. The Balaban J connectivity index is 1.36. The van der Waals surface area contributed by atoms with Gasteiger partial charge in [-0.3, -0.25) is 14.6 Å². The Kier molecular flexibility index (Phi) is 13.0. The lowest BCUT2D eigenvalue weighted by atomic mass is 9.90. The molecule has 2 unspecified atom stereocenters. The summed E-state index contributed by atoms with van der Waals surface area (Å²) >= 11 is 0. The van der Waals surface area contributed by atoms with E-state index in [9.17, 15) is 14.0 Å². The van der Waals surface area contributed by atoms with Gasteiger partial charge in [0.25, 0.3) is 0 Å². The number of benzene rings is 3. The molecule has 4 aromatic rings. The molecule has 2 amide bonds. The molecule has 0 saturated carbocycles. The summed E-state index contributed by atoms with van der Waals surface area (Å²) < 4.78 is 85.6. The monoisotopic (exact) mass is 944 g/mol. The molecule has 16 heteroatoms. The Morgan fingerprint density at radius 3 is 2.24 bits per heavy atom. The van der Waals surface area contributed by atoms with Gasteiger partial charge in [0.15, 0.2) is 17.4 Å². The van der Waals surface area contributed by atoms with E-state index in [4.69, 9.17) is 24.9 Å². The summed E-state index contributed by atoms with van der Waals surface area (Å²) in [6.07, 6.45) is 1.45. The maximum absolute atomic E-state index is 18.2. The molecule has 0 aliphatic carbocycles. The number of hydrogen-bond donors (Lipinski definition) is 1. The van der Waals surface area contributed by atoms with Crippen LogP contribution >= 0.6 is 0 Å². The summed E-state index contributed by atoms with van der Waals surface area (Å²) in [5.74, 6) is -0.537. The highest BCUT2D eigenvalue weighted by Crippen LogP contribution is 2.48. The zero-order valence-electron chi connectivity index (χ0n) is 40.4. The molecule has 0 radical (unpaired) electrons. The van der Waals surface area contributed by atoms with Gasteiger partial charge < -0.3 is 24.8 Å². The molecule has 8 rings (SSSR count). The third kappa shape index (κ3) is 8.68. The van der Waals surface area contributed by atoms with Gasteiger partial charge in [0, 0.05) is 31.4 Å². The van der Waals surface area contributed by atoms with Crippen LogP contribution in [0.1, 0.15) is 106 Å². The van der Waals surface area contributed by atoms with Gasteiger partial charge in [0.05, 0.1) is 47.7 Å². The first-order valence-electron chi connectivity index (χ1n) is 23.7. The number of amides is 2. The maximum atomic E-state index is 18.2. The summed E-state index contributed by atoms with van der Waals surface area (Å²) in [4.78, 5) is 41.2. The van der Waals surface area contributed by atoms with E-state index in [0.717, 1.165) is 13.0 Å². The molecule has 4 fully saturated rings. The van der Waals surface area contributed by atoms with Gasteiger partial charge in [-0.25, -0.2) is 22.4 Å². The average molecular weight is 945 g/mol. The Labute approximate surface area is 392 Å². The van der Waals surface area contributed by atoms with Crippen LogP contribution in [0, 0.1) is 28.9 Å².